The van der Waals surface area contributed by atoms with E-state index in [9.17, 15) is 14.9 Å². The Morgan fingerprint density at radius 2 is 1.86 bits per heavy atom. The second kappa shape index (κ2) is 10.9. The van der Waals surface area contributed by atoms with Gasteiger partial charge in [0.2, 0.25) is 0 Å². The highest BCUT2D eigenvalue weighted by Gasteiger charge is 2.23. The van der Waals surface area contributed by atoms with Crippen molar-refractivity contribution < 1.29 is 14.5 Å². The van der Waals surface area contributed by atoms with Crippen molar-refractivity contribution in [2.75, 3.05) is 26.2 Å². The number of ether oxygens (including phenoxy) is 1. The van der Waals surface area contributed by atoms with Crippen molar-refractivity contribution >= 4 is 23.2 Å². The first kappa shape index (κ1) is 24.7. The lowest BCUT2D eigenvalue weighted by Crippen LogP contribution is -2.48. The fraction of sp³-hybridized carbons (Fsp3) is 0.360. The van der Waals surface area contributed by atoms with Gasteiger partial charge in [0.15, 0.2) is 0 Å². The van der Waals surface area contributed by atoms with Crippen molar-refractivity contribution in [2.45, 2.75) is 33.5 Å². The van der Waals surface area contributed by atoms with Crippen LogP contribution in [0.4, 0.5) is 5.69 Å². The predicted octanol–water partition coefficient (Wildman–Crippen LogP) is 4.31. The van der Waals surface area contributed by atoms with E-state index in [1.54, 1.807) is 12.1 Å². The van der Waals surface area contributed by atoms with E-state index in [0.29, 0.717) is 24.4 Å². The first-order valence-electron chi connectivity index (χ1n) is 11.5. The van der Waals surface area contributed by atoms with E-state index >= 15 is 0 Å². The minimum absolute atomic E-state index is 0.0190. The summed E-state index contributed by atoms with van der Waals surface area (Å²) in [7, 11) is 0. The third-order valence-electron chi connectivity index (χ3n) is 6.15. The van der Waals surface area contributed by atoms with Crippen LogP contribution in [0.1, 0.15) is 34.1 Å². The van der Waals surface area contributed by atoms with Crippen molar-refractivity contribution in [3.8, 4) is 5.75 Å². The number of nitro groups is 1. The largest absolute Gasteiger partial charge is 0.487 e. The molecule has 1 fully saturated rings. The number of hydrogen-bond donors (Lipinski definition) is 0. The molecule has 10 heteroatoms. The number of nitrogens with zero attached hydrogens (tertiary/aromatic N) is 5. The standard InChI is InChI=1S/C25H28ClN5O4/c1-3-30-16-21(18(2)27-30)15-28-10-12-29(13-11-28)25(32)20-6-4-19(5-7-20)17-35-24-9-8-22(31(33)34)14-23(24)26/h4-9,14,16H,3,10-13,15,17H2,1-2H3. The quantitative estimate of drug-likeness (QED) is 0.340. The van der Waals surface area contributed by atoms with Gasteiger partial charge in [0.05, 0.1) is 15.6 Å². The molecule has 0 atom stereocenters. The Balaban J connectivity index is 1.28. The minimum Gasteiger partial charge on any atom is -0.487 e. The normalized spacial score (nSPS) is 14.2. The van der Waals surface area contributed by atoms with E-state index in [1.165, 1.54) is 23.8 Å². The zero-order chi connectivity index (χ0) is 24.9. The summed E-state index contributed by atoms with van der Waals surface area (Å²) < 4.78 is 7.65. The lowest BCUT2D eigenvalue weighted by Gasteiger charge is -2.34. The summed E-state index contributed by atoms with van der Waals surface area (Å²) in [6, 6.07) is 11.4. The van der Waals surface area contributed by atoms with Crippen molar-refractivity contribution in [3.63, 3.8) is 0 Å². The highest BCUT2D eigenvalue weighted by Crippen LogP contribution is 2.29. The van der Waals surface area contributed by atoms with Crippen LogP contribution in [0.2, 0.25) is 5.02 Å². The number of nitro benzene ring substituents is 1. The van der Waals surface area contributed by atoms with Gasteiger partial charge in [0.25, 0.3) is 11.6 Å². The molecule has 0 aliphatic carbocycles. The van der Waals surface area contributed by atoms with Gasteiger partial charge in [-0.1, -0.05) is 23.7 Å². The van der Waals surface area contributed by atoms with E-state index in [2.05, 4.69) is 23.1 Å². The van der Waals surface area contributed by atoms with Gasteiger partial charge in [-0.05, 0) is 37.6 Å². The van der Waals surface area contributed by atoms with E-state index in [-0.39, 0.29) is 23.2 Å². The minimum atomic E-state index is -0.506. The first-order chi connectivity index (χ1) is 16.8. The number of carbonyl (C=O) groups excluding carboxylic acids is 1. The Morgan fingerprint density at radius 1 is 1.14 bits per heavy atom. The molecule has 1 aromatic heterocycles. The summed E-state index contributed by atoms with van der Waals surface area (Å²) in [4.78, 5) is 27.5. The van der Waals surface area contributed by atoms with Gasteiger partial charge >= 0.3 is 0 Å². The number of amides is 1. The molecule has 0 unspecified atom stereocenters. The van der Waals surface area contributed by atoms with Crippen LogP contribution in [-0.4, -0.2) is 56.6 Å². The summed E-state index contributed by atoms with van der Waals surface area (Å²) in [5.74, 6) is 0.387. The van der Waals surface area contributed by atoms with Crippen LogP contribution in [0.25, 0.3) is 0 Å². The Kier molecular flexibility index (Phi) is 7.67. The Morgan fingerprint density at radius 3 is 2.46 bits per heavy atom. The lowest BCUT2D eigenvalue weighted by molar-refractivity contribution is -0.384. The van der Waals surface area contributed by atoms with Crippen LogP contribution in [0, 0.1) is 17.0 Å². The maximum atomic E-state index is 13.0. The fourth-order valence-corrected chi connectivity index (χ4v) is 4.26. The Labute approximate surface area is 209 Å². The van der Waals surface area contributed by atoms with Gasteiger partial charge in [-0.3, -0.25) is 24.5 Å². The van der Waals surface area contributed by atoms with Crippen LogP contribution in [0.3, 0.4) is 0 Å². The number of non-ortho nitro benzene ring substituents is 1. The molecule has 0 bridgehead atoms. The summed E-state index contributed by atoms with van der Waals surface area (Å²) >= 11 is 6.08. The number of rotatable bonds is 8. The van der Waals surface area contributed by atoms with Gasteiger partial charge in [-0.15, -0.1) is 0 Å². The molecule has 1 aliphatic heterocycles. The van der Waals surface area contributed by atoms with E-state index < -0.39 is 4.92 Å². The molecule has 0 N–H and O–H groups in total. The number of carbonyl (C=O) groups is 1. The number of aromatic nitrogens is 2. The monoisotopic (exact) mass is 497 g/mol. The maximum absolute atomic E-state index is 13.0. The number of piperazine rings is 1. The van der Waals surface area contributed by atoms with E-state index in [4.69, 9.17) is 16.3 Å². The molecule has 35 heavy (non-hydrogen) atoms. The molecular formula is C25H28ClN5O4. The fourth-order valence-electron chi connectivity index (χ4n) is 4.03. The van der Waals surface area contributed by atoms with Crippen molar-refractivity contribution in [1.29, 1.82) is 0 Å². The second-order valence-corrected chi connectivity index (χ2v) is 8.93. The molecule has 0 radical (unpaired) electrons. The van der Waals surface area contributed by atoms with Crippen LogP contribution in [0.15, 0.2) is 48.7 Å². The van der Waals surface area contributed by atoms with Crippen LogP contribution in [-0.2, 0) is 19.7 Å². The van der Waals surface area contributed by atoms with Gasteiger partial charge in [0, 0.05) is 68.7 Å². The van der Waals surface area contributed by atoms with Crippen molar-refractivity contribution in [3.05, 3.63) is 86.2 Å². The zero-order valence-electron chi connectivity index (χ0n) is 19.8. The molecule has 4 rings (SSSR count). The molecule has 3 aromatic rings. The molecule has 2 aromatic carbocycles. The molecule has 0 saturated carbocycles. The van der Waals surface area contributed by atoms with Crippen LogP contribution < -0.4 is 4.74 Å². The smallest absolute Gasteiger partial charge is 0.271 e. The Bertz CT molecular complexity index is 1200. The van der Waals surface area contributed by atoms with E-state index in [1.807, 2.05) is 28.6 Å². The summed E-state index contributed by atoms with van der Waals surface area (Å²) in [6.45, 7) is 9.07. The zero-order valence-corrected chi connectivity index (χ0v) is 20.6. The summed E-state index contributed by atoms with van der Waals surface area (Å²) in [6.07, 6.45) is 2.10. The molecule has 1 aliphatic rings. The first-order valence-corrected chi connectivity index (χ1v) is 11.9. The molecule has 0 spiro atoms. The highest BCUT2D eigenvalue weighted by atomic mass is 35.5. The average molecular weight is 498 g/mol. The van der Waals surface area contributed by atoms with E-state index in [0.717, 1.165) is 37.4 Å². The van der Waals surface area contributed by atoms with Gasteiger partial charge < -0.3 is 9.64 Å². The number of aryl methyl sites for hydroxylation is 2. The van der Waals surface area contributed by atoms with Crippen molar-refractivity contribution in [2.24, 2.45) is 0 Å². The van der Waals surface area contributed by atoms with Gasteiger partial charge in [-0.2, -0.15) is 5.10 Å². The summed E-state index contributed by atoms with van der Waals surface area (Å²) in [5.41, 5.74) is 3.71. The molecule has 2 heterocycles. The van der Waals surface area contributed by atoms with Gasteiger partial charge in [-0.25, -0.2) is 0 Å². The number of halogens is 1. The van der Waals surface area contributed by atoms with Gasteiger partial charge in [0.1, 0.15) is 12.4 Å². The number of benzene rings is 2. The maximum Gasteiger partial charge on any atom is 0.271 e. The average Bonchev–Trinajstić information content (AvgIpc) is 3.22. The molecule has 9 nitrogen and oxygen atoms in total. The molecule has 184 valence electrons. The van der Waals surface area contributed by atoms with Crippen molar-refractivity contribution in [1.82, 2.24) is 19.6 Å². The third kappa shape index (κ3) is 5.98. The second-order valence-electron chi connectivity index (χ2n) is 8.52. The highest BCUT2D eigenvalue weighted by molar-refractivity contribution is 6.32. The SMILES string of the molecule is CCn1cc(CN2CCN(C(=O)c3ccc(COc4ccc([N+](=O)[O-])cc4Cl)cc3)CC2)c(C)n1. The molecule has 1 saturated heterocycles. The van der Waals surface area contributed by atoms with Crippen LogP contribution >= 0.6 is 11.6 Å². The third-order valence-corrected chi connectivity index (χ3v) is 6.44. The summed E-state index contributed by atoms with van der Waals surface area (Å²) in [5, 5.41) is 15.5. The molecular weight excluding hydrogens is 470 g/mol. The molecule has 1 amide bonds. The predicted molar refractivity (Wildman–Crippen MR) is 133 cm³/mol. The topological polar surface area (TPSA) is 93.7 Å². The number of hydrogen-bond acceptors (Lipinski definition) is 6. The lowest BCUT2D eigenvalue weighted by atomic mass is 10.1. The Hall–Kier alpha value is -3.43. The van der Waals surface area contributed by atoms with Crippen LogP contribution in [0.5, 0.6) is 5.75 Å².